The second-order valence-electron chi connectivity index (χ2n) is 5.10. The van der Waals surface area contributed by atoms with Crippen LogP contribution in [0.15, 0.2) is 0 Å². The molecule has 15 heavy (non-hydrogen) atoms. The van der Waals surface area contributed by atoms with Gasteiger partial charge in [-0.05, 0) is 39.9 Å². The molecule has 0 radical (unpaired) electrons. The van der Waals surface area contributed by atoms with Gasteiger partial charge in [0.05, 0.1) is 0 Å². The second kappa shape index (κ2) is 6.46. The molecule has 1 aliphatic rings. The molecule has 0 aromatic carbocycles. The van der Waals surface area contributed by atoms with Crippen molar-refractivity contribution in [1.29, 1.82) is 0 Å². The van der Waals surface area contributed by atoms with E-state index in [1.54, 1.807) is 0 Å². The molecular weight excluding hydrogens is 186 g/mol. The van der Waals surface area contributed by atoms with Gasteiger partial charge in [0.25, 0.3) is 0 Å². The van der Waals surface area contributed by atoms with E-state index in [9.17, 15) is 0 Å². The van der Waals surface area contributed by atoms with Gasteiger partial charge in [0, 0.05) is 25.2 Å². The second-order valence-corrected chi connectivity index (χ2v) is 5.10. The number of likely N-dealkylation sites (tertiary alicyclic amines) is 1. The standard InChI is InChI=1S/C12H27N3/c1-4-6-11(13)9-15-8-5-7-12(15)10-14(2)3/h11-12H,4-10,13H2,1-3H3. The molecule has 0 aromatic heterocycles. The third kappa shape index (κ3) is 4.49. The van der Waals surface area contributed by atoms with Gasteiger partial charge in [-0.25, -0.2) is 0 Å². The van der Waals surface area contributed by atoms with Crippen molar-refractivity contribution < 1.29 is 0 Å². The summed E-state index contributed by atoms with van der Waals surface area (Å²) in [6, 6.07) is 1.11. The molecule has 90 valence electrons. The van der Waals surface area contributed by atoms with Crippen LogP contribution in [0.2, 0.25) is 0 Å². The van der Waals surface area contributed by atoms with Crippen molar-refractivity contribution in [2.24, 2.45) is 5.73 Å². The van der Waals surface area contributed by atoms with Crippen molar-refractivity contribution in [3.8, 4) is 0 Å². The van der Waals surface area contributed by atoms with E-state index in [1.165, 1.54) is 32.4 Å². The van der Waals surface area contributed by atoms with Crippen LogP contribution in [-0.4, -0.2) is 55.6 Å². The first kappa shape index (κ1) is 12.9. The van der Waals surface area contributed by atoms with Gasteiger partial charge in [-0.3, -0.25) is 4.90 Å². The lowest BCUT2D eigenvalue weighted by atomic mass is 10.1. The Labute approximate surface area is 94.6 Å². The Morgan fingerprint density at radius 1 is 1.47 bits per heavy atom. The molecule has 1 saturated heterocycles. The lowest BCUT2D eigenvalue weighted by Gasteiger charge is -2.29. The molecule has 1 heterocycles. The van der Waals surface area contributed by atoms with Crippen LogP contribution in [0.4, 0.5) is 0 Å². The monoisotopic (exact) mass is 213 g/mol. The van der Waals surface area contributed by atoms with Crippen LogP contribution in [0.1, 0.15) is 32.6 Å². The van der Waals surface area contributed by atoms with Crippen molar-refractivity contribution in [3.63, 3.8) is 0 Å². The van der Waals surface area contributed by atoms with E-state index in [0.717, 1.165) is 19.0 Å². The fourth-order valence-corrected chi connectivity index (χ4v) is 2.53. The first-order valence-corrected chi connectivity index (χ1v) is 6.27. The highest BCUT2D eigenvalue weighted by Crippen LogP contribution is 2.18. The smallest absolute Gasteiger partial charge is 0.0224 e. The van der Waals surface area contributed by atoms with E-state index in [2.05, 4.69) is 30.8 Å². The molecule has 2 atom stereocenters. The molecule has 0 aliphatic carbocycles. The number of hydrogen-bond acceptors (Lipinski definition) is 3. The summed E-state index contributed by atoms with van der Waals surface area (Å²) >= 11 is 0. The minimum absolute atomic E-state index is 0.373. The third-order valence-corrected chi connectivity index (χ3v) is 3.20. The number of nitrogens with zero attached hydrogens (tertiary/aromatic N) is 2. The average molecular weight is 213 g/mol. The highest BCUT2D eigenvalue weighted by molar-refractivity contribution is 4.83. The number of likely N-dealkylation sites (N-methyl/N-ethyl adjacent to an activating group) is 1. The first-order chi connectivity index (χ1) is 7.13. The zero-order chi connectivity index (χ0) is 11.3. The normalized spacial score (nSPS) is 25.0. The van der Waals surface area contributed by atoms with Gasteiger partial charge in [-0.2, -0.15) is 0 Å². The fourth-order valence-electron chi connectivity index (χ4n) is 2.53. The molecular formula is C12H27N3. The van der Waals surface area contributed by atoms with Gasteiger partial charge in [-0.1, -0.05) is 13.3 Å². The molecule has 2 N–H and O–H groups in total. The van der Waals surface area contributed by atoms with Gasteiger partial charge in [0.2, 0.25) is 0 Å². The molecule has 0 spiro atoms. The summed E-state index contributed by atoms with van der Waals surface area (Å²) < 4.78 is 0. The zero-order valence-electron chi connectivity index (χ0n) is 10.6. The molecule has 3 nitrogen and oxygen atoms in total. The molecule has 1 fully saturated rings. The average Bonchev–Trinajstić information content (AvgIpc) is 2.52. The van der Waals surface area contributed by atoms with Crippen molar-refractivity contribution in [2.75, 3.05) is 33.7 Å². The van der Waals surface area contributed by atoms with Crippen LogP contribution in [0, 0.1) is 0 Å². The van der Waals surface area contributed by atoms with E-state index in [1.807, 2.05) is 0 Å². The topological polar surface area (TPSA) is 32.5 Å². The van der Waals surface area contributed by atoms with Crippen molar-refractivity contribution in [2.45, 2.75) is 44.7 Å². The molecule has 1 rings (SSSR count). The van der Waals surface area contributed by atoms with E-state index in [4.69, 9.17) is 5.73 Å². The molecule has 0 amide bonds. The van der Waals surface area contributed by atoms with Gasteiger partial charge in [-0.15, -0.1) is 0 Å². The Morgan fingerprint density at radius 3 is 2.80 bits per heavy atom. The maximum atomic E-state index is 6.10. The lowest BCUT2D eigenvalue weighted by molar-refractivity contribution is 0.195. The van der Waals surface area contributed by atoms with Gasteiger partial charge < -0.3 is 10.6 Å². The molecule has 2 unspecified atom stereocenters. The quantitative estimate of drug-likeness (QED) is 0.718. The maximum Gasteiger partial charge on any atom is 0.0224 e. The van der Waals surface area contributed by atoms with Crippen molar-refractivity contribution in [1.82, 2.24) is 9.80 Å². The van der Waals surface area contributed by atoms with Crippen LogP contribution >= 0.6 is 0 Å². The number of hydrogen-bond donors (Lipinski definition) is 1. The highest BCUT2D eigenvalue weighted by Gasteiger charge is 2.25. The molecule has 0 saturated carbocycles. The minimum atomic E-state index is 0.373. The number of nitrogens with two attached hydrogens (primary N) is 1. The van der Waals surface area contributed by atoms with Gasteiger partial charge in [0.1, 0.15) is 0 Å². The summed E-state index contributed by atoms with van der Waals surface area (Å²) in [4.78, 5) is 4.87. The minimum Gasteiger partial charge on any atom is -0.327 e. The molecule has 3 heteroatoms. The summed E-state index contributed by atoms with van der Waals surface area (Å²) in [7, 11) is 4.31. The van der Waals surface area contributed by atoms with E-state index in [-0.39, 0.29) is 0 Å². The SMILES string of the molecule is CCCC(N)CN1CCCC1CN(C)C. The zero-order valence-corrected chi connectivity index (χ0v) is 10.6. The van der Waals surface area contributed by atoms with Crippen molar-refractivity contribution >= 4 is 0 Å². The Morgan fingerprint density at radius 2 is 2.20 bits per heavy atom. The van der Waals surface area contributed by atoms with Crippen LogP contribution in [0.3, 0.4) is 0 Å². The Hall–Kier alpha value is -0.120. The summed E-state index contributed by atoms with van der Waals surface area (Å²) in [6.45, 7) is 5.72. The van der Waals surface area contributed by atoms with Gasteiger partial charge >= 0.3 is 0 Å². The van der Waals surface area contributed by atoms with Crippen LogP contribution in [0.25, 0.3) is 0 Å². The van der Waals surface area contributed by atoms with Crippen LogP contribution in [0.5, 0.6) is 0 Å². The summed E-state index contributed by atoms with van der Waals surface area (Å²) in [5, 5.41) is 0. The lowest BCUT2D eigenvalue weighted by Crippen LogP contribution is -2.43. The Bertz CT molecular complexity index is 170. The number of rotatable bonds is 6. The van der Waals surface area contributed by atoms with Crippen LogP contribution in [-0.2, 0) is 0 Å². The van der Waals surface area contributed by atoms with E-state index >= 15 is 0 Å². The Kier molecular flexibility index (Phi) is 5.58. The highest BCUT2D eigenvalue weighted by atomic mass is 15.2. The largest absolute Gasteiger partial charge is 0.327 e. The third-order valence-electron chi connectivity index (χ3n) is 3.20. The molecule has 0 bridgehead atoms. The van der Waals surface area contributed by atoms with Crippen molar-refractivity contribution in [3.05, 3.63) is 0 Å². The summed E-state index contributed by atoms with van der Waals surface area (Å²) in [6.07, 6.45) is 5.05. The first-order valence-electron chi connectivity index (χ1n) is 6.27. The Balaban J connectivity index is 2.32. The van der Waals surface area contributed by atoms with E-state index < -0.39 is 0 Å². The maximum absolute atomic E-state index is 6.10. The predicted octanol–water partition coefficient (Wildman–Crippen LogP) is 1.14. The fraction of sp³-hybridized carbons (Fsp3) is 1.00. The summed E-state index contributed by atoms with van der Waals surface area (Å²) in [5.74, 6) is 0. The van der Waals surface area contributed by atoms with Crippen LogP contribution < -0.4 is 5.73 Å². The van der Waals surface area contributed by atoms with Gasteiger partial charge in [0.15, 0.2) is 0 Å². The molecule has 0 aromatic rings. The molecule has 1 aliphatic heterocycles. The summed E-state index contributed by atoms with van der Waals surface area (Å²) in [5.41, 5.74) is 6.10. The van der Waals surface area contributed by atoms with E-state index in [0.29, 0.717) is 6.04 Å². The predicted molar refractivity (Wildman–Crippen MR) is 66.0 cm³/mol.